The number of carbonyl (C=O) groups excluding carboxylic acids is 1. The van der Waals surface area contributed by atoms with Gasteiger partial charge in [0.05, 0.1) is 50.9 Å². The molecule has 1 heterocycles. The van der Waals surface area contributed by atoms with Crippen molar-refractivity contribution in [3.63, 3.8) is 0 Å². The number of rotatable bonds is 10. The van der Waals surface area contributed by atoms with Crippen molar-refractivity contribution in [2.45, 2.75) is 18.6 Å². The average Bonchev–Trinajstić information content (AvgIpc) is 3.25. The third kappa shape index (κ3) is 5.63. The Hall–Kier alpha value is -3.98. The molecule has 1 N–H and O–H groups in total. The molecule has 4 aromatic rings. The predicted octanol–water partition coefficient (Wildman–Crippen LogP) is 4.66. The molecule has 0 bridgehead atoms. The van der Waals surface area contributed by atoms with E-state index in [4.69, 9.17) is 19.2 Å². The highest BCUT2D eigenvalue weighted by atomic mass is 32.2. The number of nitrogens with one attached hydrogen (secondary N) is 1. The fourth-order valence-electron chi connectivity index (χ4n) is 3.75. The fourth-order valence-corrected chi connectivity index (χ4v) is 4.56. The van der Waals surface area contributed by atoms with Gasteiger partial charge in [-0.1, -0.05) is 53.7 Å². The maximum atomic E-state index is 12.5. The molecule has 9 heteroatoms. The van der Waals surface area contributed by atoms with Gasteiger partial charge in [-0.25, -0.2) is 10.4 Å². The zero-order valence-electron chi connectivity index (χ0n) is 20.6. The summed E-state index contributed by atoms with van der Waals surface area (Å²) in [7, 11) is 4.62. The molecule has 0 aliphatic rings. The summed E-state index contributed by atoms with van der Waals surface area (Å²) in [6.07, 6.45) is 1.51. The minimum atomic E-state index is -0.246. The van der Waals surface area contributed by atoms with Gasteiger partial charge in [0.1, 0.15) is 0 Å². The number of aryl methyl sites for hydroxylation is 1. The molecule has 0 spiro atoms. The number of hydrogen-bond donors (Lipinski definition) is 1. The van der Waals surface area contributed by atoms with Crippen LogP contribution in [0, 0.1) is 6.92 Å². The van der Waals surface area contributed by atoms with Crippen LogP contribution >= 0.6 is 11.8 Å². The summed E-state index contributed by atoms with van der Waals surface area (Å²) in [5.41, 5.74) is 7.52. The minimum absolute atomic E-state index is 0.164. The molecule has 0 saturated carbocycles. The predicted molar refractivity (Wildman–Crippen MR) is 143 cm³/mol. The normalized spacial score (nSPS) is 11.1. The highest BCUT2D eigenvalue weighted by Gasteiger charge is 2.15. The molecule has 0 aliphatic heterocycles. The molecule has 0 saturated heterocycles. The van der Waals surface area contributed by atoms with Crippen LogP contribution in [0.1, 0.15) is 16.7 Å². The minimum Gasteiger partial charge on any atom is -0.493 e. The Balaban J connectivity index is 1.45. The second-order valence-corrected chi connectivity index (χ2v) is 8.90. The van der Waals surface area contributed by atoms with E-state index in [2.05, 4.69) is 46.3 Å². The van der Waals surface area contributed by atoms with E-state index in [-0.39, 0.29) is 11.7 Å². The summed E-state index contributed by atoms with van der Waals surface area (Å²) >= 11 is 1.37. The highest BCUT2D eigenvalue weighted by molar-refractivity contribution is 7.99. The lowest BCUT2D eigenvalue weighted by Crippen LogP contribution is -2.20. The molecule has 3 aromatic carbocycles. The van der Waals surface area contributed by atoms with Crippen LogP contribution in [-0.4, -0.2) is 48.8 Å². The summed E-state index contributed by atoms with van der Waals surface area (Å²) < 4.78 is 18.3. The Morgan fingerprint density at radius 3 is 2.47 bits per heavy atom. The number of nitrogens with zero attached hydrogens (tertiary/aromatic N) is 3. The number of amides is 1. The van der Waals surface area contributed by atoms with E-state index in [1.54, 1.807) is 19.2 Å². The van der Waals surface area contributed by atoms with Crippen LogP contribution in [0.5, 0.6) is 17.2 Å². The van der Waals surface area contributed by atoms with E-state index in [9.17, 15) is 4.79 Å². The Bertz CT molecular complexity index is 1380. The van der Waals surface area contributed by atoms with Crippen molar-refractivity contribution in [1.82, 2.24) is 15.0 Å². The maximum absolute atomic E-state index is 12.5. The van der Waals surface area contributed by atoms with Gasteiger partial charge in [-0.3, -0.25) is 4.79 Å². The Kier molecular flexibility index (Phi) is 8.12. The first-order valence-corrected chi connectivity index (χ1v) is 12.3. The molecular weight excluding hydrogens is 476 g/mol. The molecule has 0 atom stereocenters. The lowest BCUT2D eigenvalue weighted by Gasteiger charge is -2.13. The third-order valence-electron chi connectivity index (χ3n) is 5.54. The molecular formula is C27H28N4O4S. The van der Waals surface area contributed by atoms with E-state index < -0.39 is 0 Å². The average molecular weight is 505 g/mol. The van der Waals surface area contributed by atoms with Gasteiger partial charge in [0, 0.05) is 5.56 Å². The second kappa shape index (κ2) is 11.6. The number of thioether (sulfide) groups is 1. The molecule has 186 valence electrons. The van der Waals surface area contributed by atoms with Gasteiger partial charge < -0.3 is 18.8 Å². The van der Waals surface area contributed by atoms with Crippen LogP contribution in [0.3, 0.4) is 0 Å². The molecule has 0 fully saturated rings. The van der Waals surface area contributed by atoms with E-state index in [0.717, 1.165) is 16.2 Å². The van der Waals surface area contributed by atoms with Gasteiger partial charge in [-0.15, -0.1) is 0 Å². The standard InChI is InChI=1S/C27H28N4O4S/c1-18-9-11-19(12-10-18)16-31-22-8-6-5-7-21(22)29-27(31)36-17-24(32)30-28-15-20-13-14-23(33-2)26(35-4)25(20)34-3/h5-15H,16-17H2,1-4H3,(H,30,32). The molecule has 0 aliphatic carbocycles. The zero-order chi connectivity index (χ0) is 25.5. The topological polar surface area (TPSA) is 87.0 Å². The van der Waals surface area contributed by atoms with Gasteiger partial charge in [-0.05, 0) is 36.8 Å². The van der Waals surface area contributed by atoms with Crippen molar-refractivity contribution >= 4 is 34.9 Å². The summed E-state index contributed by atoms with van der Waals surface area (Å²) in [5.74, 6) is 1.38. The number of benzene rings is 3. The van der Waals surface area contributed by atoms with Crippen molar-refractivity contribution < 1.29 is 19.0 Å². The molecule has 1 amide bonds. The van der Waals surface area contributed by atoms with Crippen LogP contribution in [0.2, 0.25) is 0 Å². The van der Waals surface area contributed by atoms with Gasteiger partial charge in [0.15, 0.2) is 16.7 Å². The molecule has 1 aromatic heterocycles. The maximum Gasteiger partial charge on any atom is 0.250 e. The number of hydrogen-bond acceptors (Lipinski definition) is 7. The molecule has 4 rings (SSSR count). The highest BCUT2D eigenvalue weighted by Crippen LogP contribution is 2.39. The van der Waals surface area contributed by atoms with E-state index >= 15 is 0 Å². The van der Waals surface area contributed by atoms with Crippen molar-refractivity contribution in [2.24, 2.45) is 5.10 Å². The number of para-hydroxylation sites is 2. The third-order valence-corrected chi connectivity index (χ3v) is 6.52. The number of hydrazone groups is 1. The lowest BCUT2D eigenvalue weighted by molar-refractivity contribution is -0.118. The first-order chi connectivity index (χ1) is 17.5. The Morgan fingerprint density at radius 2 is 1.75 bits per heavy atom. The number of aromatic nitrogens is 2. The second-order valence-electron chi connectivity index (χ2n) is 7.96. The zero-order valence-corrected chi connectivity index (χ0v) is 21.5. The van der Waals surface area contributed by atoms with Crippen LogP contribution in [0.25, 0.3) is 11.0 Å². The van der Waals surface area contributed by atoms with E-state index in [1.165, 1.54) is 43.3 Å². The van der Waals surface area contributed by atoms with Crippen molar-refractivity contribution in [3.05, 3.63) is 77.4 Å². The summed E-state index contributed by atoms with van der Waals surface area (Å²) in [4.78, 5) is 17.3. The number of carbonyl (C=O) groups is 1. The van der Waals surface area contributed by atoms with Gasteiger partial charge in [0.2, 0.25) is 5.75 Å². The van der Waals surface area contributed by atoms with Crippen molar-refractivity contribution in [1.29, 1.82) is 0 Å². The number of methoxy groups -OCH3 is 3. The Labute approximate surface area is 214 Å². The van der Waals surface area contributed by atoms with Gasteiger partial charge in [-0.2, -0.15) is 5.10 Å². The van der Waals surface area contributed by atoms with Crippen molar-refractivity contribution in [3.8, 4) is 17.2 Å². The smallest absolute Gasteiger partial charge is 0.250 e. The largest absolute Gasteiger partial charge is 0.493 e. The quantitative estimate of drug-likeness (QED) is 0.192. The summed E-state index contributed by atoms with van der Waals surface area (Å²) in [6.45, 7) is 2.74. The van der Waals surface area contributed by atoms with Crippen molar-refractivity contribution in [2.75, 3.05) is 27.1 Å². The monoisotopic (exact) mass is 504 g/mol. The van der Waals surface area contributed by atoms with Crippen LogP contribution in [-0.2, 0) is 11.3 Å². The fraction of sp³-hybridized carbons (Fsp3) is 0.222. The number of fused-ring (bicyclic) bond motifs is 1. The van der Waals surface area contributed by atoms with E-state index in [0.29, 0.717) is 29.4 Å². The Morgan fingerprint density at radius 1 is 1.00 bits per heavy atom. The first-order valence-electron chi connectivity index (χ1n) is 11.3. The molecule has 8 nitrogen and oxygen atoms in total. The molecule has 36 heavy (non-hydrogen) atoms. The lowest BCUT2D eigenvalue weighted by atomic mass is 10.1. The van der Waals surface area contributed by atoms with Crippen LogP contribution in [0.15, 0.2) is 70.9 Å². The number of imidazole rings is 1. The van der Waals surface area contributed by atoms with Crippen LogP contribution < -0.4 is 19.6 Å². The van der Waals surface area contributed by atoms with E-state index in [1.807, 2.05) is 24.3 Å². The molecule has 0 radical (unpaired) electrons. The SMILES string of the molecule is COc1ccc(C=NNC(=O)CSc2nc3ccccc3n2Cc2ccc(C)cc2)c(OC)c1OC. The summed E-state index contributed by atoms with van der Waals surface area (Å²) in [6, 6.07) is 19.9. The first kappa shape index (κ1) is 25.1. The van der Waals surface area contributed by atoms with Gasteiger partial charge in [0.25, 0.3) is 5.91 Å². The number of ether oxygens (including phenoxy) is 3. The summed E-state index contributed by atoms with van der Waals surface area (Å²) in [5, 5.41) is 4.87. The van der Waals surface area contributed by atoms with Gasteiger partial charge >= 0.3 is 0 Å². The molecule has 0 unspecified atom stereocenters. The van der Waals surface area contributed by atoms with Crippen LogP contribution in [0.4, 0.5) is 0 Å².